The lowest BCUT2D eigenvalue weighted by atomic mass is 10.0. The van der Waals surface area contributed by atoms with Crippen LogP contribution in [0.5, 0.6) is 0 Å². The minimum absolute atomic E-state index is 0.0506. The van der Waals surface area contributed by atoms with Crippen molar-refractivity contribution in [2.75, 3.05) is 5.75 Å². The van der Waals surface area contributed by atoms with E-state index in [0.717, 1.165) is 16.9 Å². The van der Waals surface area contributed by atoms with E-state index in [2.05, 4.69) is 6.07 Å². The van der Waals surface area contributed by atoms with Crippen LogP contribution in [0.1, 0.15) is 16.7 Å². The Balaban J connectivity index is 1.57. The Hall–Kier alpha value is -2.96. The van der Waals surface area contributed by atoms with E-state index in [1.165, 1.54) is 16.8 Å². The van der Waals surface area contributed by atoms with Gasteiger partial charge in [-0.2, -0.15) is 5.26 Å². The molecule has 0 spiro atoms. The molecule has 0 bridgehead atoms. The smallest absolute Gasteiger partial charge is 0.263 e. The molecular weight excluding hydrogens is 515 g/mol. The number of sulfone groups is 1. The van der Waals surface area contributed by atoms with Gasteiger partial charge in [0, 0.05) is 29.1 Å². The largest absolute Gasteiger partial charge is 0.298 e. The number of aromatic nitrogens is 1. The Morgan fingerprint density at radius 1 is 1.09 bits per heavy atom. The molecule has 2 aromatic carbocycles. The average Bonchev–Trinajstić information content (AvgIpc) is 3.13. The van der Waals surface area contributed by atoms with Gasteiger partial charge in [0.1, 0.15) is 20.4 Å². The number of thiophene rings is 1. The van der Waals surface area contributed by atoms with E-state index in [1.807, 2.05) is 13.0 Å². The maximum Gasteiger partial charge on any atom is 0.263 e. The number of halogens is 2. The van der Waals surface area contributed by atoms with E-state index < -0.39 is 21.4 Å². The number of hydrogen-bond donors (Lipinski definition) is 0. The zero-order chi connectivity index (χ0) is 24.6. The first-order valence-electron chi connectivity index (χ1n) is 9.94. The van der Waals surface area contributed by atoms with E-state index in [1.54, 1.807) is 36.4 Å². The molecule has 0 atom stereocenters. The number of rotatable bonds is 6. The number of benzene rings is 2. The van der Waals surface area contributed by atoms with Crippen LogP contribution in [-0.4, -0.2) is 24.5 Å². The number of nitrogens with zero attached hydrogens (tertiary/aromatic N) is 2. The van der Waals surface area contributed by atoms with Crippen LogP contribution in [0, 0.1) is 18.3 Å². The summed E-state index contributed by atoms with van der Waals surface area (Å²) in [5.41, 5.74) is 2.17. The topological polar surface area (TPSA) is 97.0 Å². The van der Waals surface area contributed by atoms with Crippen molar-refractivity contribution in [2.24, 2.45) is 0 Å². The Labute approximate surface area is 209 Å². The molecule has 10 heteroatoms. The minimum Gasteiger partial charge on any atom is -0.298 e. The van der Waals surface area contributed by atoms with Crippen molar-refractivity contribution >= 4 is 60.9 Å². The molecule has 0 saturated carbocycles. The monoisotopic (exact) mass is 530 g/mol. The van der Waals surface area contributed by atoms with Gasteiger partial charge in [-0.25, -0.2) is 8.42 Å². The highest BCUT2D eigenvalue weighted by Crippen LogP contribution is 2.34. The second-order valence-electron chi connectivity index (χ2n) is 7.71. The molecule has 4 aromatic rings. The van der Waals surface area contributed by atoms with Gasteiger partial charge >= 0.3 is 0 Å². The number of nitriles is 1. The van der Waals surface area contributed by atoms with Gasteiger partial charge in [0.15, 0.2) is 15.6 Å². The second kappa shape index (κ2) is 9.35. The maximum atomic E-state index is 13.0. The minimum atomic E-state index is -3.85. The summed E-state index contributed by atoms with van der Waals surface area (Å²) in [5, 5.41) is 10.7. The molecule has 0 aliphatic heterocycles. The quantitative estimate of drug-likeness (QED) is 0.344. The summed E-state index contributed by atoms with van der Waals surface area (Å²) in [6.07, 6.45) is 1.40. The molecule has 2 aromatic heterocycles. The van der Waals surface area contributed by atoms with Crippen LogP contribution in [0.2, 0.25) is 9.36 Å². The van der Waals surface area contributed by atoms with Gasteiger partial charge in [0.05, 0.1) is 10.6 Å². The van der Waals surface area contributed by atoms with Crippen LogP contribution in [0.4, 0.5) is 0 Å². The lowest BCUT2D eigenvalue weighted by Gasteiger charge is -2.10. The lowest BCUT2D eigenvalue weighted by molar-refractivity contribution is -0.116. The normalized spacial score (nSPS) is 11.5. The van der Waals surface area contributed by atoms with Gasteiger partial charge in [-0.15, -0.1) is 11.3 Å². The summed E-state index contributed by atoms with van der Waals surface area (Å²) < 4.78 is 26.4. The molecule has 6 nitrogen and oxygen atoms in total. The van der Waals surface area contributed by atoms with Crippen LogP contribution >= 0.6 is 34.5 Å². The number of fused-ring (bicyclic) bond motifs is 1. The van der Waals surface area contributed by atoms with Gasteiger partial charge < -0.3 is 0 Å². The first kappa shape index (κ1) is 24.2. The Bertz CT molecular complexity index is 1630. The predicted molar refractivity (Wildman–Crippen MR) is 134 cm³/mol. The van der Waals surface area contributed by atoms with Crippen molar-refractivity contribution in [1.82, 2.24) is 4.57 Å². The molecular formula is C24H16Cl2N2O4S2. The fourth-order valence-electron chi connectivity index (χ4n) is 3.55. The van der Waals surface area contributed by atoms with Crippen molar-refractivity contribution in [2.45, 2.75) is 17.6 Å². The zero-order valence-electron chi connectivity index (χ0n) is 17.7. The lowest BCUT2D eigenvalue weighted by Crippen LogP contribution is -2.19. The number of ketones is 1. The molecule has 0 unspecified atom stereocenters. The van der Waals surface area contributed by atoms with Gasteiger partial charge in [-0.3, -0.25) is 14.2 Å². The third kappa shape index (κ3) is 4.79. The maximum absolute atomic E-state index is 13.0. The van der Waals surface area contributed by atoms with E-state index in [4.69, 9.17) is 23.2 Å². The first-order valence-corrected chi connectivity index (χ1v) is 13.2. The van der Waals surface area contributed by atoms with Gasteiger partial charge in [-0.1, -0.05) is 47.0 Å². The molecule has 172 valence electrons. The highest BCUT2D eigenvalue weighted by atomic mass is 35.5. The number of hydrogen-bond acceptors (Lipinski definition) is 6. The average molecular weight is 531 g/mol. The fraction of sp³-hybridized carbons (Fsp3) is 0.125. The molecule has 0 aliphatic carbocycles. The molecule has 0 N–H and O–H groups in total. The number of carbonyl (C=O) groups is 1. The second-order valence-corrected chi connectivity index (χ2v) is 12.0. The van der Waals surface area contributed by atoms with Crippen LogP contribution in [0.3, 0.4) is 0 Å². The Morgan fingerprint density at radius 2 is 1.79 bits per heavy atom. The van der Waals surface area contributed by atoms with Gasteiger partial charge in [0.2, 0.25) is 0 Å². The molecule has 2 heterocycles. The molecule has 4 rings (SSSR count). The van der Waals surface area contributed by atoms with Crippen molar-refractivity contribution in [1.29, 1.82) is 5.26 Å². The summed E-state index contributed by atoms with van der Waals surface area (Å²) in [6.45, 7) is 1.89. The van der Waals surface area contributed by atoms with Crippen LogP contribution in [0.15, 0.2) is 63.7 Å². The van der Waals surface area contributed by atoms with Crippen LogP contribution in [0.25, 0.3) is 16.5 Å². The molecule has 0 fully saturated rings. The Morgan fingerprint density at radius 3 is 2.41 bits per heavy atom. The van der Waals surface area contributed by atoms with Crippen LogP contribution in [-0.2, 0) is 21.1 Å². The van der Waals surface area contributed by atoms with Crippen molar-refractivity contribution in [3.8, 4) is 11.8 Å². The molecule has 0 radical (unpaired) electrons. The number of Topliss-reactive ketones (excluding diaryl/α,β-unsaturated/α-hetero) is 1. The third-order valence-corrected chi connectivity index (χ3v) is 9.29. The fourth-order valence-corrected chi connectivity index (χ4v) is 6.76. The molecule has 0 amide bonds. The van der Waals surface area contributed by atoms with Gasteiger partial charge in [0.25, 0.3) is 5.56 Å². The van der Waals surface area contributed by atoms with E-state index >= 15 is 0 Å². The number of carbonyl (C=O) groups excluding carboxylic acids is 1. The predicted octanol–water partition coefficient (Wildman–Crippen LogP) is 5.12. The number of pyridine rings is 1. The highest BCUT2D eigenvalue weighted by Gasteiger charge is 2.23. The number of aryl methyl sites for hydroxylation is 1. The van der Waals surface area contributed by atoms with E-state index in [9.17, 15) is 23.3 Å². The highest BCUT2D eigenvalue weighted by molar-refractivity contribution is 7.94. The van der Waals surface area contributed by atoms with Crippen molar-refractivity contribution < 1.29 is 13.2 Å². The van der Waals surface area contributed by atoms with Crippen molar-refractivity contribution in [3.63, 3.8) is 0 Å². The van der Waals surface area contributed by atoms with E-state index in [0.29, 0.717) is 27.6 Å². The standard InChI is InChI=1S/C24H16Cl2N2O4S2/c1-14-2-7-19-20(8-14)16(11-27)12-28(24(19)30)17-5-3-15(4-6-17)9-18(29)13-34(31,32)22-10-21(25)23(26)33-22/h2-8,10,12H,9,13H2,1H3. The summed E-state index contributed by atoms with van der Waals surface area (Å²) in [6, 6.07) is 15.3. The zero-order valence-corrected chi connectivity index (χ0v) is 20.9. The summed E-state index contributed by atoms with van der Waals surface area (Å²) in [4.78, 5) is 25.4. The molecule has 0 aliphatic rings. The molecule has 0 saturated heterocycles. The summed E-state index contributed by atoms with van der Waals surface area (Å²) in [5.74, 6) is -1.16. The van der Waals surface area contributed by atoms with Crippen molar-refractivity contribution in [3.05, 3.63) is 91.1 Å². The third-order valence-electron chi connectivity index (χ3n) is 5.19. The molecule has 34 heavy (non-hydrogen) atoms. The van der Waals surface area contributed by atoms with Crippen LogP contribution < -0.4 is 5.56 Å². The summed E-state index contributed by atoms with van der Waals surface area (Å²) >= 11 is 12.5. The first-order chi connectivity index (χ1) is 16.1. The van der Waals surface area contributed by atoms with Gasteiger partial charge in [-0.05, 0) is 42.8 Å². The SMILES string of the molecule is Cc1ccc2c(=O)n(-c3ccc(CC(=O)CS(=O)(=O)c4cc(Cl)c(Cl)s4)cc3)cc(C#N)c2c1. The Kier molecular flexibility index (Phi) is 6.65. The summed E-state index contributed by atoms with van der Waals surface area (Å²) in [7, 11) is -3.85. The van der Waals surface area contributed by atoms with E-state index in [-0.39, 0.29) is 25.5 Å².